The second-order valence-corrected chi connectivity index (χ2v) is 11.1. The van der Waals surface area contributed by atoms with Gasteiger partial charge in [-0.2, -0.15) is 4.98 Å². The SMILES string of the molecule is Cc1nc(NCc2ccc(F)cc2)nc(N[C@@H]2C[C@H](C(C)(C)O)[C@@H](O)[C@H]2O)c1-c1nc2ccccc2s1.Cl. The summed E-state index contributed by atoms with van der Waals surface area (Å²) < 4.78 is 14.3. The molecule has 2 aromatic heterocycles. The molecule has 0 aliphatic heterocycles. The van der Waals surface area contributed by atoms with Crippen molar-refractivity contribution in [3.63, 3.8) is 0 Å². The van der Waals surface area contributed by atoms with Gasteiger partial charge < -0.3 is 26.0 Å². The van der Waals surface area contributed by atoms with E-state index in [2.05, 4.69) is 15.6 Å². The van der Waals surface area contributed by atoms with E-state index in [-0.39, 0.29) is 18.2 Å². The molecule has 0 unspecified atom stereocenters. The van der Waals surface area contributed by atoms with Crippen molar-refractivity contribution in [3.8, 4) is 10.6 Å². The molecule has 11 heteroatoms. The van der Waals surface area contributed by atoms with Crippen LogP contribution in [0.15, 0.2) is 48.5 Å². The lowest BCUT2D eigenvalue weighted by Crippen LogP contribution is -2.40. The minimum absolute atomic E-state index is 0. The maximum atomic E-state index is 13.3. The zero-order valence-electron chi connectivity index (χ0n) is 21.2. The molecular formula is C27H31ClFN5O3S. The number of aliphatic hydroxyl groups is 3. The van der Waals surface area contributed by atoms with Gasteiger partial charge in [0.05, 0.1) is 39.2 Å². The third-order valence-corrected chi connectivity index (χ3v) is 7.93. The molecule has 5 N–H and O–H groups in total. The van der Waals surface area contributed by atoms with Gasteiger partial charge in [-0.1, -0.05) is 24.3 Å². The van der Waals surface area contributed by atoms with Crippen LogP contribution in [-0.2, 0) is 6.54 Å². The molecule has 2 aromatic carbocycles. The average Bonchev–Trinajstić information content (AvgIpc) is 3.39. The minimum atomic E-state index is -1.16. The zero-order valence-corrected chi connectivity index (χ0v) is 22.9. The predicted octanol–water partition coefficient (Wildman–Crippen LogP) is 4.53. The number of nitrogens with one attached hydrogen (secondary N) is 2. The maximum Gasteiger partial charge on any atom is 0.225 e. The second kappa shape index (κ2) is 11.1. The summed E-state index contributed by atoms with van der Waals surface area (Å²) in [5.41, 5.74) is 1.97. The van der Waals surface area contributed by atoms with E-state index < -0.39 is 29.8 Å². The van der Waals surface area contributed by atoms with Gasteiger partial charge in [0.1, 0.15) is 22.7 Å². The molecule has 0 saturated heterocycles. The Morgan fingerprint density at radius 3 is 2.39 bits per heavy atom. The Labute approximate surface area is 230 Å². The first-order valence-electron chi connectivity index (χ1n) is 12.2. The van der Waals surface area contributed by atoms with Gasteiger partial charge in [0.2, 0.25) is 5.95 Å². The van der Waals surface area contributed by atoms with Crippen LogP contribution in [0.2, 0.25) is 0 Å². The van der Waals surface area contributed by atoms with E-state index in [1.165, 1.54) is 23.5 Å². The molecule has 2 heterocycles. The molecule has 0 amide bonds. The number of aryl methyl sites for hydroxylation is 1. The Morgan fingerprint density at radius 1 is 1.03 bits per heavy atom. The van der Waals surface area contributed by atoms with Crippen molar-refractivity contribution in [2.75, 3.05) is 10.6 Å². The van der Waals surface area contributed by atoms with Crippen LogP contribution in [-0.4, -0.2) is 54.1 Å². The maximum absolute atomic E-state index is 13.3. The topological polar surface area (TPSA) is 123 Å². The van der Waals surface area contributed by atoms with Gasteiger partial charge in [0.15, 0.2) is 0 Å². The van der Waals surface area contributed by atoms with E-state index >= 15 is 0 Å². The lowest BCUT2D eigenvalue weighted by atomic mass is 9.88. The van der Waals surface area contributed by atoms with E-state index in [9.17, 15) is 19.7 Å². The first kappa shape index (κ1) is 28.1. The van der Waals surface area contributed by atoms with E-state index in [1.54, 1.807) is 26.0 Å². The smallest absolute Gasteiger partial charge is 0.225 e. The Balaban J connectivity index is 0.00000336. The van der Waals surface area contributed by atoms with E-state index in [0.29, 0.717) is 36.0 Å². The van der Waals surface area contributed by atoms with Crippen molar-refractivity contribution in [3.05, 3.63) is 65.6 Å². The van der Waals surface area contributed by atoms with Crippen LogP contribution < -0.4 is 10.6 Å². The van der Waals surface area contributed by atoms with Crippen LogP contribution in [0.25, 0.3) is 20.8 Å². The van der Waals surface area contributed by atoms with Crippen molar-refractivity contribution < 1.29 is 19.7 Å². The third-order valence-electron chi connectivity index (χ3n) is 6.87. The minimum Gasteiger partial charge on any atom is -0.390 e. The molecule has 1 saturated carbocycles. The van der Waals surface area contributed by atoms with Gasteiger partial charge in [-0.3, -0.25) is 0 Å². The van der Waals surface area contributed by atoms with Gasteiger partial charge in [-0.05, 0) is 57.0 Å². The highest BCUT2D eigenvalue weighted by molar-refractivity contribution is 7.21. The van der Waals surface area contributed by atoms with Crippen LogP contribution in [0.3, 0.4) is 0 Å². The highest BCUT2D eigenvalue weighted by Gasteiger charge is 2.48. The third kappa shape index (κ3) is 5.74. The number of para-hydroxylation sites is 1. The van der Waals surface area contributed by atoms with E-state index in [4.69, 9.17) is 9.97 Å². The van der Waals surface area contributed by atoms with Crippen LogP contribution in [0.1, 0.15) is 31.5 Å². The summed E-state index contributed by atoms with van der Waals surface area (Å²) >= 11 is 1.52. The lowest BCUT2D eigenvalue weighted by molar-refractivity contribution is -0.0601. The molecule has 5 rings (SSSR count). The predicted molar refractivity (Wildman–Crippen MR) is 150 cm³/mol. The summed E-state index contributed by atoms with van der Waals surface area (Å²) in [6.07, 6.45) is -1.82. The number of anilines is 2. The molecule has 1 aliphatic rings. The Hall–Kier alpha value is -2.89. The monoisotopic (exact) mass is 559 g/mol. The van der Waals surface area contributed by atoms with E-state index in [0.717, 1.165) is 20.8 Å². The van der Waals surface area contributed by atoms with Crippen molar-refractivity contribution in [1.29, 1.82) is 0 Å². The number of nitrogens with zero attached hydrogens (tertiary/aromatic N) is 3. The van der Waals surface area contributed by atoms with Crippen LogP contribution in [0.5, 0.6) is 0 Å². The lowest BCUT2D eigenvalue weighted by Gasteiger charge is -2.28. The highest BCUT2D eigenvalue weighted by atomic mass is 35.5. The molecule has 0 spiro atoms. The van der Waals surface area contributed by atoms with Crippen molar-refractivity contribution in [1.82, 2.24) is 15.0 Å². The molecule has 0 bridgehead atoms. The molecule has 38 heavy (non-hydrogen) atoms. The number of fused-ring (bicyclic) bond motifs is 1. The van der Waals surface area contributed by atoms with Crippen LogP contribution >= 0.6 is 23.7 Å². The summed E-state index contributed by atoms with van der Waals surface area (Å²) in [5.74, 6) is 0.0242. The molecule has 4 aromatic rings. The zero-order chi connectivity index (χ0) is 26.3. The Bertz CT molecular complexity index is 1380. The molecule has 1 fully saturated rings. The molecule has 202 valence electrons. The number of hydrogen-bond acceptors (Lipinski definition) is 9. The summed E-state index contributed by atoms with van der Waals surface area (Å²) in [4.78, 5) is 14.2. The molecule has 4 atom stereocenters. The normalized spacial score (nSPS) is 21.3. The van der Waals surface area contributed by atoms with Gasteiger partial charge >= 0.3 is 0 Å². The Morgan fingerprint density at radius 2 is 1.74 bits per heavy atom. The average molecular weight is 560 g/mol. The van der Waals surface area contributed by atoms with Crippen molar-refractivity contribution in [2.24, 2.45) is 5.92 Å². The van der Waals surface area contributed by atoms with Crippen LogP contribution in [0.4, 0.5) is 16.2 Å². The number of hydrogen-bond donors (Lipinski definition) is 5. The first-order valence-corrected chi connectivity index (χ1v) is 13.0. The number of halogens is 2. The molecule has 1 aliphatic carbocycles. The standard InChI is InChI=1S/C27H30FN5O3S.ClH/c1-14-21(25-32-18-6-4-5-7-20(18)37-25)24(31-19-12-17(27(2,3)36)22(34)23(19)35)33-26(30-14)29-13-15-8-10-16(28)11-9-15;/h4-11,17,19,22-23,34-36H,12-13H2,1-3H3,(H2,29,30,31,33);1H/t17-,19+,22+,23-;/m0./s1. The molecule has 0 radical (unpaired) electrons. The van der Waals surface area contributed by atoms with Crippen molar-refractivity contribution >= 4 is 45.7 Å². The van der Waals surface area contributed by atoms with Gasteiger partial charge in [-0.15, -0.1) is 23.7 Å². The molecule has 8 nitrogen and oxygen atoms in total. The fraction of sp³-hybridized carbons (Fsp3) is 0.370. The van der Waals surface area contributed by atoms with Gasteiger partial charge in [0.25, 0.3) is 0 Å². The van der Waals surface area contributed by atoms with Gasteiger partial charge in [0, 0.05) is 12.5 Å². The Kier molecular flexibility index (Phi) is 8.20. The fourth-order valence-electron chi connectivity index (χ4n) is 4.83. The second-order valence-electron chi connectivity index (χ2n) is 10.1. The fourth-order valence-corrected chi connectivity index (χ4v) is 5.89. The number of aromatic nitrogens is 3. The number of thiazole rings is 1. The summed E-state index contributed by atoms with van der Waals surface area (Å²) in [6.45, 7) is 5.53. The highest BCUT2D eigenvalue weighted by Crippen LogP contribution is 2.40. The quantitative estimate of drug-likeness (QED) is 0.224. The van der Waals surface area contributed by atoms with E-state index in [1.807, 2.05) is 31.2 Å². The number of benzene rings is 2. The van der Waals surface area contributed by atoms with Crippen LogP contribution in [0, 0.1) is 18.7 Å². The largest absolute Gasteiger partial charge is 0.390 e. The van der Waals surface area contributed by atoms with Gasteiger partial charge in [-0.25, -0.2) is 14.4 Å². The first-order chi connectivity index (χ1) is 17.6. The number of rotatable bonds is 7. The molecular weight excluding hydrogens is 529 g/mol. The number of aliphatic hydroxyl groups excluding tert-OH is 2. The van der Waals surface area contributed by atoms with Crippen molar-refractivity contribution in [2.45, 2.75) is 57.6 Å². The summed E-state index contributed by atoms with van der Waals surface area (Å²) in [6, 6.07) is 13.5. The summed E-state index contributed by atoms with van der Waals surface area (Å²) in [5, 5.41) is 39.2. The summed E-state index contributed by atoms with van der Waals surface area (Å²) in [7, 11) is 0.